The zero-order valence-electron chi connectivity index (χ0n) is 10.8. The van der Waals surface area contributed by atoms with Crippen LogP contribution in [0.3, 0.4) is 0 Å². The third kappa shape index (κ3) is 4.61. The Morgan fingerprint density at radius 1 is 1.42 bits per heavy atom. The fraction of sp³-hybridized carbons (Fsp3) is 0.500. The lowest BCUT2D eigenvalue weighted by atomic mass is 10.0. The molecule has 0 bridgehead atoms. The maximum atomic E-state index is 12.3. The molecule has 2 rings (SSSR count). The number of rotatable bonds is 3. The molecule has 2 N–H and O–H groups in total. The van der Waals surface area contributed by atoms with E-state index >= 15 is 0 Å². The van der Waals surface area contributed by atoms with Crippen molar-refractivity contribution in [2.75, 3.05) is 13.1 Å². The molecule has 1 amide bonds. The Kier molecular flexibility index (Phi) is 7.10. The molecule has 1 aliphatic heterocycles. The molecular weight excluding hydrogens is 375 g/mol. The number of carbonyl (C=O) groups is 1. The molecule has 3 nitrogen and oxygen atoms in total. The SMILES string of the molecule is Cl.NCC1CCCCN1C(=O)Cc1cccc(I)c1. The van der Waals surface area contributed by atoms with Crippen molar-refractivity contribution in [3.8, 4) is 0 Å². The zero-order chi connectivity index (χ0) is 13.0. The third-order valence-electron chi connectivity index (χ3n) is 3.46. The van der Waals surface area contributed by atoms with Crippen molar-refractivity contribution in [3.05, 3.63) is 33.4 Å². The summed E-state index contributed by atoms with van der Waals surface area (Å²) < 4.78 is 1.17. The van der Waals surface area contributed by atoms with Crippen LogP contribution in [0.25, 0.3) is 0 Å². The van der Waals surface area contributed by atoms with Gasteiger partial charge in [-0.3, -0.25) is 4.79 Å². The van der Waals surface area contributed by atoms with Gasteiger partial charge >= 0.3 is 0 Å². The van der Waals surface area contributed by atoms with Crippen LogP contribution in [-0.4, -0.2) is 29.9 Å². The van der Waals surface area contributed by atoms with E-state index in [2.05, 4.69) is 28.7 Å². The molecule has 1 aromatic rings. The Balaban J connectivity index is 0.00000180. The zero-order valence-corrected chi connectivity index (χ0v) is 13.8. The summed E-state index contributed by atoms with van der Waals surface area (Å²) in [5.41, 5.74) is 6.84. The van der Waals surface area contributed by atoms with Crippen molar-refractivity contribution >= 4 is 40.9 Å². The van der Waals surface area contributed by atoms with E-state index in [1.165, 1.54) is 9.99 Å². The van der Waals surface area contributed by atoms with Gasteiger partial charge in [-0.2, -0.15) is 0 Å². The summed E-state index contributed by atoms with van der Waals surface area (Å²) in [5.74, 6) is 0.215. The number of halogens is 2. The average molecular weight is 395 g/mol. The van der Waals surface area contributed by atoms with Crippen molar-refractivity contribution in [1.82, 2.24) is 4.90 Å². The maximum absolute atomic E-state index is 12.3. The van der Waals surface area contributed by atoms with E-state index in [0.29, 0.717) is 13.0 Å². The Morgan fingerprint density at radius 2 is 2.21 bits per heavy atom. The summed E-state index contributed by atoms with van der Waals surface area (Å²) >= 11 is 2.27. The van der Waals surface area contributed by atoms with Crippen molar-refractivity contribution in [2.24, 2.45) is 5.73 Å². The minimum absolute atomic E-state index is 0. The Labute approximate surface area is 134 Å². The molecule has 1 saturated heterocycles. The van der Waals surface area contributed by atoms with Crippen LogP contribution in [0.5, 0.6) is 0 Å². The summed E-state index contributed by atoms with van der Waals surface area (Å²) in [6.07, 6.45) is 3.84. The highest BCUT2D eigenvalue weighted by atomic mass is 127. The van der Waals surface area contributed by atoms with E-state index in [9.17, 15) is 4.79 Å². The molecule has 1 fully saturated rings. The topological polar surface area (TPSA) is 46.3 Å². The number of amides is 1. The first-order chi connectivity index (χ1) is 8.70. The van der Waals surface area contributed by atoms with Gasteiger partial charge < -0.3 is 10.6 Å². The molecule has 0 aromatic heterocycles. The molecule has 0 radical (unpaired) electrons. The lowest BCUT2D eigenvalue weighted by Gasteiger charge is -2.35. The highest BCUT2D eigenvalue weighted by Crippen LogP contribution is 2.18. The molecule has 5 heteroatoms. The number of nitrogens with two attached hydrogens (primary N) is 1. The number of piperidine rings is 1. The normalized spacial score (nSPS) is 18.8. The number of likely N-dealkylation sites (tertiary alicyclic amines) is 1. The number of carbonyl (C=O) groups excluding carboxylic acids is 1. The van der Waals surface area contributed by atoms with Gasteiger partial charge in [-0.15, -0.1) is 12.4 Å². The van der Waals surface area contributed by atoms with E-state index < -0.39 is 0 Å². The maximum Gasteiger partial charge on any atom is 0.227 e. The van der Waals surface area contributed by atoms with Crippen LogP contribution in [0.1, 0.15) is 24.8 Å². The van der Waals surface area contributed by atoms with E-state index in [1.807, 2.05) is 23.1 Å². The first-order valence-corrected chi connectivity index (χ1v) is 7.52. The first-order valence-electron chi connectivity index (χ1n) is 6.44. The summed E-state index contributed by atoms with van der Waals surface area (Å²) in [5, 5.41) is 0. The molecule has 0 aliphatic carbocycles. The van der Waals surface area contributed by atoms with Crippen LogP contribution in [0, 0.1) is 3.57 Å². The molecule has 1 unspecified atom stereocenters. The van der Waals surface area contributed by atoms with Crippen molar-refractivity contribution in [2.45, 2.75) is 31.7 Å². The van der Waals surface area contributed by atoms with Crippen molar-refractivity contribution in [1.29, 1.82) is 0 Å². The minimum Gasteiger partial charge on any atom is -0.338 e. The number of hydrogen-bond acceptors (Lipinski definition) is 2. The van der Waals surface area contributed by atoms with Gasteiger partial charge in [0.05, 0.1) is 6.42 Å². The summed E-state index contributed by atoms with van der Waals surface area (Å²) in [4.78, 5) is 14.3. The van der Waals surface area contributed by atoms with Gasteiger partial charge in [-0.25, -0.2) is 0 Å². The van der Waals surface area contributed by atoms with Gasteiger partial charge in [0.2, 0.25) is 5.91 Å². The monoisotopic (exact) mass is 394 g/mol. The average Bonchev–Trinajstić information content (AvgIpc) is 2.38. The van der Waals surface area contributed by atoms with E-state index in [-0.39, 0.29) is 24.4 Å². The van der Waals surface area contributed by atoms with Crippen LogP contribution in [0.2, 0.25) is 0 Å². The van der Waals surface area contributed by atoms with Crippen molar-refractivity contribution in [3.63, 3.8) is 0 Å². The second-order valence-corrected chi connectivity index (χ2v) is 6.02. The molecule has 0 spiro atoms. The predicted octanol–water partition coefficient (Wildman–Crippen LogP) is 2.60. The second kappa shape index (κ2) is 8.07. The minimum atomic E-state index is 0. The highest BCUT2D eigenvalue weighted by molar-refractivity contribution is 14.1. The van der Waals surface area contributed by atoms with Crippen LogP contribution in [0.4, 0.5) is 0 Å². The molecule has 1 aromatic carbocycles. The highest BCUT2D eigenvalue weighted by Gasteiger charge is 2.25. The van der Waals surface area contributed by atoms with Gasteiger partial charge in [-0.1, -0.05) is 12.1 Å². The number of nitrogens with zero attached hydrogens (tertiary/aromatic N) is 1. The van der Waals surface area contributed by atoms with E-state index in [0.717, 1.165) is 24.9 Å². The molecule has 0 saturated carbocycles. The summed E-state index contributed by atoms with van der Waals surface area (Å²) in [6.45, 7) is 1.45. The van der Waals surface area contributed by atoms with Crippen LogP contribution >= 0.6 is 35.0 Å². The molecule has 1 heterocycles. The van der Waals surface area contributed by atoms with Crippen LogP contribution in [-0.2, 0) is 11.2 Å². The molecule has 1 aliphatic rings. The largest absolute Gasteiger partial charge is 0.338 e. The molecule has 106 valence electrons. The first kappa shape index (κ1) is 16.7. The lowest BCUT2D eigenvalue weighted by molar-refractivity contribution is -0.133. The van der Waals surface area contributed by atoms with Gasteiger partial charge in [0.1, 0.15) is 0 Å². The second-order valence-electron chi connectivity index (χ2n) is 4.78. The fourth-order valence-electron chi connectivity index (χ4n) is 2.50. The van der Waals surface area contributed by atoms with E-state index in [4.69, 9.17) is 5.73 Å². The van der Waals surface area contributed by atoms with Crippen molar-refractivity contribution < 1.29 is 4.79 Å². The molecular formula is C14H20ClIN2O. The molecule has 19 heavy (non-hydrogen) atoms. The predicted molar refractivity (Wildman–Crippen MR) is 88.5 cm³/mol. The third-order valence-corrected chi connectivity index (χ3v) is 4.13. The van der Waals surface area contributed by atoms with Crippen LogP contribution < -0.4 is 5.73 Å². The lowest BCUT2D eigenvalue weighted by Crippen LogP contribution is -2.48. The fourth-order valence-corrected chi connectivity index (χ4v) is 3.10. The van der Waals surface area contributed by atoms with E-state index in [1.54, 1.807) is 0 Å². The van der Waals surface area contributed by atoms with Crippen LogP contribution in [0.15, 0.2) is 24.3 Å². The quantitative estimate of drug-likeness (QED) is 0.801. The van der Waals surface area contributed by atoms with Gasteiger partial charge in [0, 0.05) is 22.7 Å². The smallest absolute Gasteiger partial charge is 0.227 e. The standard InChI is InChI=1S/C14H19IN2O.ClH/c15-12-5-3-4-11(8-12)9-14(18)17-7-2-1-6-13(17)10-16;/h3-5,8,13H,1-2,6-7,9-10,16H2;1H. The Morgan fingerprint density at radius 3 is 2.89 bits per heavy atom. The summed E-state index contributed by atoms with van der Waals surface area (Å²) in [7, 11) is 0. The van der Waals surface area contributed by atoms with Gasteiger partial charge in [0.15, 0.2) is 0 Å². The Hall–Kier alpha value is -0.330. The molecule has 1 atom stereocenters. The number of benzene rings is 1. The van der Waals surface area contributed by atoms with Gasteiger partial charge in [0.25, 0.3) is 0 Å². The van der Waals surface area contributed by atoms with Gasteiger partial charge in [-0.05, 0) is 59.5 Å². The Bertz CT molecular complexity index is 428. The summed E-state index contributed by atoms with van der Waals surface area (Å²) in [6, 6.07) is 8.37. The number of hydrogen-bond donors (Lipinski definition) is 1.